The summed E-state index contributed by atoms with van der Waals surface area (Å²) in [5, 5.41) is 0. The van der Waals surface area contributed by atoms with Gasteiger partial charge in [-0.05, 0) is 44.2 Å². The molecule has 0 heterocycles. The Balaban J connectivity index is 1.86. The maximum absolute atomic E-state index is 13.6. The Morgan fingerprint density at radius 2 is 1.73 bits per heavy atom. The predicted octanol–water partition coefficient (Wildman–Crippen LogP) is 3.43. The van der Waals surface area contributed by atoms with E-state index in [1.165, 1.54) is 11.0 Å². The second kappa shape index (κ2) is 8.99. The smallest absolute Gasteiger partial charge is 0.338 e. The van der Waals surface area contributed by atoms with Crippen LogP contribution in [-0.4, -0.2) is 36.5 Å². The number of carbonyl (C=O) groups is 2. The number of hydrogen-bond acceptors (Lipinski definition) is 4. The van der Waals surface area contributed by atoms with Gasteiger partial charge in [0.25, 0.3) is 5.91 Å². The number of ether oxygens (including phenoxy) is 2. The number of benzene rings is 2. The first-order valence-corrected chi connectivity index (χ1v) is 8.28. The Labute approximate surface area is 152 Å². The molecule has 0 atom stereocenters. The van der Waals surface area contributed by atoms with E-state index in [2.05, 4.69) is 0 Å². The fraction of sp³-hybridized carbons (Fsp3) is 0.300. The molecule has 0 aliphatic rings. The largest absolute Gasteiger partial charge is 0.484 e. The molecule has 0 saturated carbocycles. The van der Waals surface area contributed by atoms with E-state index in [1.807, 2.05) is 0 Å². The van der Waals surface area contributed by atoms with E-state index >= 15 is 0 Å². The van der Waals surface area contributed by atoms with E-state index in [-0.39, 0.29) is 31.0 Å². The minimum Gasteiger partial charge on any atom is -0.484 e. The van der Waals surface area contributed by atoms with E-state index in [4.69, 9.17) is 9.47 Å². The molecular formula is C20H22FNO4. The highest BCUT2D eigenvalue weighted by Crippen LogP contribution is 2.14. The fourth-order valence-corrected chi connectivity index (χ4v) is 2.19. The predicted molar refractivity (Wildman–Crippen MR) is 95.4 cm³/mol. The topological polar surface area (TPSA) is 55.8 Å². The molecule has 0 spiro atoms. The summed E-state index contributed by atoms with van der Waals surface area (Å²) in [5.74, 6) is -0.584. The van der Waals surface area contributed by atoms with E-state index in [0.717, 1.165) is 0 Å². The summed E-state index contributed by atoms with van der Waals surface area (Å²) in [5.41, 5.74) is 0.852. The summed E-state index contributed by atoms with van der Waals surface area (Å²) >= 11 is 0. The van der Waals surface area contributed by atoms with Crippen molar-refractivity contribution in [2.24, 2.45) is 0 Å². The third-order valence-corrected chi connectivity index (χ3v) is 3.59. The normalized spacial score (nSPS) is 10.5. The van der Waals surface area contributed by atoms with Crippen molar-refractivity contribution in [3.63, 3.8) is 0 Å². The van der Waals surface area contributed by atoms with Gasteiger partial charge in [0.15, 0.2) is 6.61 Å². The Bertz CT molecular complexity index is 759. The Kier molecular flexibility index (Phi) is 6.72. The number of carbonyl (C=O) groups excluding carboxylic acids is 2. The first kappa shape index (κ1) is 19.4. The number of halogens is 1. The van der Waals surface area contributed by atoms with Gasteiger partial charge < -0.3 is 14.4 Å². The quantitative estimate of drug-likeness (QED) is 0.711. The molecule has 0 unspecified atom stereocenters. The van der Waals surface area contributed by atoms with Gasteiger partial charge in [-0.2, -0.15) is 0 Å². The average Bonchev–Trinajstić information content (AvgIpc) is 2.61. The zero-order valence-electron chi connectivity index (χ0n) is 15.1. The van der Waals surface area contributed by atoms with Crippen LogP contribution in [0.25, 0.3) is 0 Å². The standard InChI is InChI=1S/C20H22FNO4/c1-14(2)26-20(24)15-8-10-17(11-9-15)25-13-19(23)22(3)12-16-6-4-5-7-18(16)21/h4-11,14H,12-13H2,1-3H3. The van der Waals surface area contributed by atoms with Crippen LogP contribution in [0, 0.1) is 5.82 Å². The second-order valence-corrected chi connectivity index (χ2v) is 6.11. The van der Waals surface area contributed by atoms with Gasteiger partial charge in [0.05, 0.1) is 11.7 Å². The Morgan fingerprint density at radius 1 is 1.08 bits per heavy atom. The van der Waals surface area contributed by atoms with Gasteiger partial charge in [-0.25, -0.2) is 9.18 Å². The summed E-state index contributed by atoms with van der Waals surface area (Å²) in [6.45, 7) is 3.53. The maximum atomic E-state index is 13.6. The van der Waals surface area contributed by atoms with Crippen molar-refractivity contribution in [3.05, 3.63) is 65.5 Å². The molecular weight excluding hydrogens is 337 g/mol. The summed E-state index contributed by atoms with van der Waals surface area (Å²) in [4.78, 5) is 25.3. The van der Waals surface area contributed by atoms with Gasteiger partial charge in [-0.1, -0.05) is 18.2 Å². The second-order valence-electron chi connectivity index (χ2n) is 6.11. The molecule has 0 bridgehead atoms. The van der Waals surface area contributed by atoms with Crippen LogP contribution >= 0.6 is 0 Å². The van der Waals surface area contributed by atoms with Crippen molar-refractivity contribution in [2.75, 3.05) is 13.7 Å². The van der Waals surface area contributed by atoms with Crippen molar-refractivity contribution in [1.82, 2.24) is 4.90 Å². The van der Waals surface area contributed by atoms with Crippen LogP contribution in [0.15, 0.2) is 48.5 Å². The first-order chi connectivity index (χ1) is 12.4. The first-order valence-electron chi connectivity index (χ1n) is 8.28. The minimum atomic E-state index is -0.410. The molecule has 0 N–H and O–H groups in total. The highest BCUT2D eigenvalue weighted by Gasteiger charge is 2.13. The molecule has 5 nitrogen and oxygen atoms in total. The molecule has 2 aromatic rings. The Hall–Kier alpha value is -2.89. The third-order valence-electron chi connectivity index (χ3n) is 3.59. The lowest BCUT2D eigenvalue weighted by Crippen LogP contribution is -2.31. The summed E-state index contributed by atoms with van der Waals surface area (Å²) in [6.07, 6.45) is -0.193. The van der Waals surface area contributed by atoms with Crippen LogP contribution in [0.5, 0.6) is 5.75 Å². The van der Waals surface area contributed by atoms with Crippen LogP contribution in [-0.2, 0) is 16.1 Å². The van der Waals surface area contributed by atoms with Crippen molar-refractivity contribution in [2.45, 2.75) is 26.5 Å². The lowest BCUT2D eigenvalue weighted by Gasteiger charge is -2.18. The number of nitrogens with zero attached hydrogens (tertiary/aromatic N) is 1. The van der Waals surface area contributed by atoms with Gasteiger partial charge >= 0.3 is 5.97 Å². The summed E-state index contributed by atoms with van der Waals surface area (Å²) < 4.78 is 24.2. The van der Waals surface area contributed by atoms with Crippen molar-refractivity contribution >= 4 is 11.9 Å². The monoisotopic (exact) mass is 359 g/mol. The Morgan fingerprint density at radius 3 is 2.35 bits per heavy atom. The zero-order chi connectivity index (χ0) is 19.1. The number of rotatable bonds is 7. The van der Waals surface area contributed by atoms with Crippen LogP contribution in [0.2, 0.25) is 0 Å². The molecule has 6 heteroatoms. The van der Waals surface area contributed by atoms with Gasteiger partial charge in [-0.15, -0.1) is 0 Å². The maximum Gasteiger partial charge on any atom is 0.338 e. The number of esters is 1. The molecule has 0 aliphatic heterocycles. The average molecular weight is 359 g/mol. The molecule has 0 saturated heterocycles. The fourth-order valence-electron chi connectivity index (χ4n) is 2.19. The molecule has 0 fully saturated rings. The van der Waals surface area contributed by atoms with Crippen LogP contribution in [0.1, 0.15) is 29.8 Å². The molecule has 26 heavy (non-hydrogen) atoms. The van der Waals surface area contributed by atoms with E-state index < -0.39 is 5.97 Å². The minimum absolute atomic E-state index is 0.162. The molecule has 2 aromatic carbocycles. The van der Waals surface area contributed by atoms with E-state index in [0.29, 0.717) is 16.9 Å². The van der Waals surface area contributed by atoms with E-state index in [9.17, 15) is 14.0 Å². The van der Waals surface area contributed by atoms with Crippen LogP contribution < -0.4 is 4.74 Å². The molecule has 0 radical (unpaired) electrons. The van der Waals surface area contributed by atoms with Gasteiger partial charge in [0.1, 0.15) is 11.6 Å². The van der Waals surface area contributed by atoms with Crippen molar-refractivity contribution < 1.29 is 23.5 Å². The van der Waals surface area contributed by atoms with Gasteiger partial charge in [0, 0.05) is 19.2 Å². The highest BCUT2D eigenvalue weighted by molar-refractivity contribution is 5.89. The van der Waals surface area contributed by atoms with E-state index in [1.54, 1.807) is 63.4 Å². The molecule has 2 rings (SSSR count). The number of hydrogen-bond donors (Lipinski definition) is 0. The molecule has 0 aromatic heterocycles. The summed E-state index contributed by atoms with van der Waals surface area (Å²) in [6, 6.07) is 12.7. The van der Waals surface area contributed by atoms with Crippen molar-refractivity contribution in [1.29, 1.82) is 0 Å². The third kappa shape index (κ3) is 5.58. The summed E-state index contributed by atoms with van der Waals surface area (Å²) in [7, 11) is 1.59. The van der Waals surface area contributed by atoms with Crippen LogP contribution in [0.3, 0.4) is 0 Å². The van der Waals surface area contributed by atoms with Crippen LogP contribution in [0.4, 0.5) is 4.39 Å². The van der Waals surface area contributed by atoms with Crippen molar-refractivity contribution in [3.8, 4) is 5.75 Å². The zero-order valence-corrected chi connectivity index (χ0v) is 15.1. The van der Waals surface area contributed by atoms with Gasteiger partial charge in [-0.3, -0.25) is 4.79 Å². The molecule has 1 amide bonds. The molecule has 0 aliphatic carbocycles. The SMILES string of the molecule is CC(C)OC(=O)c1ccc(OCC(=O)N(C)Cc2ccccc2F)cc1. The number of likely N-dealkylation sites (N-methyl/N-ethyl adjacent to an activating group) is 1. The highest BCUT2D eigenvalue weighted by atomic mass is 19.1. The lowest BCUT2D eigenvalue weighted by molar-refractivity contribution is -0.132. The van der Waals surface area contributed by atoms with Gasteiger partial charge in [0.2, 0.25) is 0 Å². The molecule has 138 valence electrons. The lowest BCUT2D eigenvalue weighted by atomic mass is 10.2. The number of amides is 1.